The van der Waals surface area contributed by atoms with Gasteiger partial charge >= 0.3 is 0 Å². The third-order valence-corrected chi connectivity index (χ3v) is 2.64. The van der Waals surface area contributed by atoms with Crippen molar-refractivity contribution in [3.8, 4) is 5.75 Å². The maximum atomic E-state index is 10.1. The van der Waals surface area contributed by atoms with Crippen molar-refractivity contribution >= 4 is 6.29 Å². The number of aryl methyl sites for hydroxylation is 2. The molecule has 0 heterocycles. The molecule has 0 atom stereocenters. The van der Waals surface area contributed by atoms with E-state index in [2.05, 4.69) is 20.8 Å². The molecule has 0 saturated carbocycles. The van der Waals surface area contributed by atoms with Crippen LogP contribution in [-0.2, 0) is 4.79 Å². The first-order chi connectivity index (χ1) is 7.15. The average Bonchev–Trinajstić information content (AvgIpc) is 2.21. The zero-order chi connectivity index (χ0) is 11.3. The smallest absolute Gasteiger partial charge is 0.120 e. The lowest BCUT2D eigenvalue weighted by atomic mass is 10.0. The summed E-state index contributed by atoms with van der Waals surface area (Å²) < 4.78 is 5.57. The first-order valence-electron chi connectivity index (χ1n) is 5.29. The Morgan fingerprint density at radius 1 is 1.20 bits per heavy atom. The minimum atomic E-state index is 0.573. The number of carbonyl (C=O) groups excluding carboxylic acids is 1. The lowest BCUT2D eigenvalue weighted by Gasteiger charge is -2.10. The van der Waals surface area contributed by atoms with E-state index in [0.29, 0.717) is 13.0 Å². The second-order valence-corrected chi connectivity index (χ2v) is 3.84. The second kappa shape index (κ2) is 5.54. The van der Waals surface area contributed by atoms with E-state index in [1.54, 1.807) is 0 Å². The van der Waals surface area contributed by atoms with Crippen LogP contribution in [0.2, 0.25) is 0 Å². The predicted molar refractivity (Wildman–Crippen MR) is 61.4 cm³/mol. The average molecular weight is 206 g/mol. The molecular weight excluding hydrogens is 188 g/mol. The minimum Gasteiger partial charge on any atom is -0.494 e. The molecule has 0 spiro atoms. The van der Waals surface area contributed by atoms with E-state index in [1.165, 1.54) is 16.7 Å². The molecule has 0 saturated heterocycles. The predicted octanol–water partition coefficient (Wildman–Crippen LogP) is 2.97. The lowest BCUT2D eigenvalue weighted by Crippen LogP contribution is -1.99. The summed E-state index contributed by atoms with van der Waals surface area (Å²) in [5, 5.41) is 0. The van der Waals surface area contributed by atoms with Crippen molar-refractivity contribution in [2.24, 2.45) is 0 Å². The SMILES string of the molecule is Cc1cc(OCCCC=O)cc(C)c1C. The zero-order valence-electron chi connectivity index (χ0n) is 9.67. The fourth-order valence-corrected chi connectivity index (χ4v) is 1.44. The number of unbranched alkanes of at least 4 members (excludes halogenated alkanes) is 1. The molecule has 0 bridgehead atoms. The van der Waals surface area contributed by atoms with Crippen LogP contribution in [-0.4, -0.2) is 12.9 Å². The third kappa shape index (κ3) is 3.39. The van der Waals surface area contributed by atoms with E-state index >= 15 is 0 Å². The quantitative estimate of drug-likeness (QED) is 0.547. The van der Waals surface area contributed by atoms with Gasteiger partial charge in [-0.2, -0.15) is 0 Å². The summed E-state index contributed by atoms with van der Waals surface area (Å²) in [6.45, 7) is 6.89. The normalized spacial score (nSPS) is 10.1. The highest BCUT2D eigenvalue weighted by Gasteiger charge is 2.01. The zero-order valence-corrected chi connectivity index (χ0v) is 9.67. The van der Waals surface area contributed by atoms with Gasteiger partial charge in [0, 0.05) is 6.42 Å². The van der Waals surface area contributed by atoms with E-state index in [9.17, 15) is 4.79 Å². The third-order valence-electron chi connectivity index (χ3n) is 2.64. The number of hydrogen-bond donors (Lipinski definition) is 0. The molecule has 2 nitrogen and oxygen atoms in total. The van der Waals surface area contributed by atoms with Gasteiger partial charge in [-0.1, -0.05) is 0 Å². The molecule has 0 aliphatic rings. The van der Waals surface area contributed by atoms with Gasteiger partial charge in [0.1, 0.15) is 12.0 Å². The maximum absolute atomic E-state index is 10.1. The van der Waals surface area contributed by atoms with Crippen LogP contribution in [0.3, 0.4) is 0 Å². The van der Waals surface area contributed by atoms with Crippen LogP contribution >= 0.6 is 0 Å². The first kappa shape index (κ1) is 11.8. The van der Waals surface area contributed by atoms with Crippen molar-refractivity contribution in [2.75, 3.05) is 6.61 Å². The number of aldehydes is 1. The van der Waals surface area contributed by atoms with Gasteiger partial charge in [-0.05, 0) is 56.0 Å². The van der Waals surface area contributed by atoms with Crippen molar-refractivity contribution in [1.82, 2.24) is 0 Å². The molecule has 2 heteroatoms. The van der Waals surface area contributed by atoms with Crippen molar-refractivity contribution in [2.45, 2.75) is 33.6 Å². The van der Waals surface area contributed by atoms with Crippen molar-refractivity contribution in [1.29, 1.82) is 0 Å². The largest absolute Gasteiger partial charge is 0.494 e. The van der Waals surface area contributed by atoms with Crippen LogP contribution in [0.5, 0.6) is 5.75 Å². The number of rotatable bonds is 5. The summed E-state index contributed by atoms with van der Waals surface area (Å²) in [5.74, 6) is 0.904. The molecule has 15 heavy (non-hydrogen) atoms. The molecule has 0 unspecified atom stereocenters. The molecule has 0 radical (unpaired) electrons. The van der Waals surface area contributed by atoms with Crippen molar-refractivity contribution in [3.63, 3.8) is 0 Å². The number of carbonyl (C=O) groups is 1. The van der Waals surface area contributed by atoms with E-state index in [0.717, 1.165) is 18.5 Å². The Morgan fingerprint density at radius 3 is 2.33 bits per heavy atom. The Kier molecular flexibility index (Phi) is 4.35. The van der Waals surface area contributed by atoms with E-state index in [4.69, 9.17) is 4.74 Å². The Hall–Kier alpha value is -1.31. The van der Waals surface area contributed by atoms with E-state index in [1.807, 2.05) is 12.1 Å². The van der Waals surface area contributed by atoms with Crippen LogP contribution in [0.25, 0.3) is 0 Å². The molecular formula is C13H18O2. The molecule has 1 aromatic rings. The number of benzene rings is 1. The highest BCUT2D eigenvalue weighted by Crippen LogP contribution is 2.20. The summed E-state index contributed by atoms with van der Waals surface area (Å²) in [7, 11) is 0. The monoisotopic (exact) mass is 206 g/mol. The Bertz CT molecular complexity index is 319. The van der Waals surface area contributed by atoms with Gasteiger partial charge < -0.3 is 9.53 Å². The van der Waals surface area contributed by atoms with Crippen molar-refractivity contribution in [3.05, 3.63) is 28.8 Å². The van der Waals surface area contributed by atoms with Crippen LogP contribution in [0.1, 0.15) is 29.5 Å². The molecule has 0 aliphatic carbocycles. The minimum absolute atomic E-state index is 0.573. The molecule has 0 N–H and O–H groups in total. The van der Waals surface area contributed by atoms with E-state index < -0.39 is 0 Å². The van der Waals surface area contributed by atoms with Gasteiger partial charge in [0.2, 0.25) is 0 Å². The molecule has 1 aromatic carbocycles. The maximum Gasteiger partial charge on any atom is 0.120 e. The standard InChI is InChI=1S/C13H18O2/c1-10-8-13(9-11(2)12(10)3)15-7-5-4-6-14/h6,8-9H,4-5,7H2,1-3H3. The highest BCUT2D eigenvalue weighted by molar-refractivity contribution is 5.49. The molecule has 0 aliphatic heterocycles. The molecule has 0 amide bonds. The summed E-state index contributed by atoms with van der Waals surface area (Å²) in [4.78, 5) is 10.1. The van der Waals surface area contributed by atoms with Gasteiger partial charge in [0.15, 0.2) is 0 Å². The molecule has 0 fully saturated rings. The fourth-order valence-electron chi connectivity index (χ4n) is 1.44. The van der Waals surface area contributed by atoms with Gasteiger partial charge in [-0.25, -0.2) is 0 Å². The summed E-state index contributed by atoms with van der Waals surface area (Å²) in [5.41, 5.74) is 3.82. The van der Waals surface area contributed by atoms with E-state index in [-0.39, 0.29) is 0 Å². The Morgan fingerprint density at radius 2 is 1.80 bits per heavy atom. The summed E-state index contributed by atoms with van der Waals surface area (Å²) >= 11 is 0. The van der Waals surface area contributed by atoms with Crippen molar-refractivity contribution < 1.29 is 9.53 Å². The number of hydrogen-bond acceptors (Lipinski definition) is 2. The van der Waals surface area contributed by atoms with Gasteiger partial charge in [0.25, 0.3) is 0 Å². The van der Waals surface area contributed by atoms with Gasteiger partial charge in [-0.15, -0.1) is 0 Å². The molecule has 82 valence electrons. The summed E-state index contributed by atoms with van der Waals surface area (Å²) in [6.07, 6.45) is 2.29. The Balaban J connectivity index is 2.58. The first-order valence-corrected chi connectivity index (χ1v) is 5.29. The van der Waals surface area contributed by atoms with Crippen LogP contribution in [0.4, 0.5) is 0 Å². The highest BCUT2D eigenvalue weighted by atomic mass is 16.5. The lowest BCUT2D eigenvalue weighted by molar-refractivity contribution is -0.108. The molecule has 0 aromatic heterocycles. The fraction of sp³-hybridized carbons (Fsp3) is 0.462. The summed E-state index contributed by atoms with van der Waals surface area (Å²) in [6, 6.07) is 4.09. The van der Waals surface area contributed by atoms with Crippen LogP contribution < -0.4 is 4.74 Å². The topological polar surface area (TPSA) is 26.3 Å². The second-order valence-electron chi connectivity index (χ2n) is 3.84. The van der Waals surface area contributed by atoms with Gasteiger partial charge in [0.05, 0.1) is 6.61 Å². The van der Waals surface area contributed by atoms with Crippen LogP contribution in [0, 0.1) is 20.8 Å². The van der Waals surface area contributed by atoms with Crippen LogP contribution in [0.15, 0.2) is 12.1 Å². The Labute approximate surface area is 91.3 Å². The molecule has 1 rings (SSSR count). The number of ether oxygens (including phenoxy) is 1. The van der Waals surface area contributed by atoms with Gasteiger partial charge in [-0.3, -0.25) is 0 Å².